The highest BCUT2D eigenvalue weighted by Gasteiger charge is 2.23. The van der Waals surface area contributed by atoms with Crippen molar-refractivity contribution in [1.82, 2.24) is 9.88 Å². The average molecular weight is 299 g/mol. The lowest BCUT2D eigenvalue weighted by atomic mass is 9.99. The first-order chi connectivity index (χ1) is 10.6. The van der Waals surface area contributed by atoms with Crippen molar-refractivity contribution in [3.05, 3.63) is 59.5 Å². The summed E-state index contributed by atoms with van der Waals surface area (Å²) in [4.78, 5) is 8.91. The van der Waals surface area contributed by atoms with Crippen LogP contribution < -0.4 is 4.90 Å². The van der Waals surface area contributed by atoms with Gasteiger partial charge in [0.2, 0.25) is 0 Å². The van der Waals surface area contributed by atoms with Gasteiger partial charge in [-0.3, -0.25) is 4.90 Å². The molecule has 1 aliphatic heterocycles. The van der Waals surface area contributed by atoms with Gasteiger partial charge in [-0.1, -0.05) is 18.2 Å². The van der Waals surface area contributed by atoms with E-state index in [4.69, 9.17) is 0 Å². The van der Waals surface area contributed by atoms with Crippen LogP contribution in [0.25, 0.3) is 0 Å². The van der Waals surface area contributed by atoms with Crippen molar-refractivity contribution in [1.29, 1.82) is 0 Å². The third-order valence-corrected chi connectivity index (χ3v) is 4.29. The number of aromatic nitrogens is 1. The summed E-state index contributed by atoms with van der Waals surface area (Å²) in [7, 11) is 3.99. The maximum Gasteiger partial charge on any atom is 0.127 e. The second-order valence-electron chi connectivity index (χ2n) is 6.19. The second kappa shape index (κ2) is 6.44. The summed E-state index contributed by atoms with van der Waals surface area (Å²) in [6.45, 7) is 3.04. The van der Waals surface area contributed by atoms with Crippen LogP contribution in [-0.2, 0) is 6.54 Å². The lowest BCUT2D eigenvalue weighted by Gasteiger charge is -2.17. The van der Waals surface area contributed by atoms with Crippen LogP contribution >= 0.6 is 0 Å². The summed E-state index contributed by atoms with van der Waals surface area (Å²) >= 11 is 0. The van der Waals surface area contributed by atoms with E-state index in [9.17, 15) is 4.39 Å². The van der Waals surface area contributed by atoms with Gasteiger partial charge in [0.1, 0.15) is 11.6 Å². The standard InChI is InChI=1S/C18H22FN3/c1-21(2)18-8-3-14(11-20-18)12-22-10-9-16(13-22)15-4-6-17(19)7-5-15/h3-8,11,16H,9-10,12-13H2,1-2H3/t16-/m1/s1. The SMILES string of the molecule is CN(C)c1ccc(CN2CC[C@@H](c3ccc(F)cc3)C2)cn1. The predicted octanol–water partition coefficient (Wildman–Crippen LogP) is 3.28. The van der Waals surface area contributed by atoms with Crippen LogP contribution in [0.5, 0.6) is 0 Å². The molecule has 3 rings (SSSR count). The molecule has 2 heterocycles. The molecular formula is C18H22FN3. The number of anilines is 1. The highest BCUT2D eigenvalue weighted by atomic mass is 19.1. The van der Waals surface area contributed by atoms with Gasteiger partial charge in [0.05, 0.1) is 0 Å². The summed E-state index contributed by atoms with van der Waals surface area (Å²) in [5.41, 5.74) is 2.48. The highest BCUT2D eigenvalue weighted by molar-refractivity contribution is 5.37. The van der Waals surface area contributed by atoms with Crippen LogP contribution in [0.4, 0.5) is 10.2 Å². The van der Waals surface area contributed by atoms with Crippen LogP contribution in [0.2, 0.25) is 0 Å². The first-order valence-electron chi connectivity index (χ1n) is 7.72. The molecule has 0 amide bonds. The average Bonchev–Trinajstić information content (AvgIpc) is 2.97. The van der Waals surface area contributed by atoms with Crippen molar-refractivity contribution in [2.75, 3.05) is 32.1 Å². The quantitative estimate of drug-likeness (QED) is 0.863. The van der Waals surface area contributed by atoms with Crippen molar-refractivity contribution in [3.8, 4) is 0 Å². The van der Waals surface area contributed by atoms with Crippen LogP contribution in [-0.4, -0.2) is 37.1 Å². The molecule has 116 valence electrons. The van der Waals surface area contributed by atoms with E-state index >= 15 is 0 Å². The number of nitrogens with zero attached hydrogens (tertiary/aromatic N) is 3. The first kappa shape index (κ1) is 15.0. The molecule has 3 nitrogen and oxygen atoms in total. The van der Waals surface area contributed by atoms with Crippen LogP contribution in [0.3, 0.4) is 0 Å². The van der Waals surface area contributed by atoms with Crippen LogP contribution in [0.15, 0.2) is 42.6 Å². The van der Waals surface area contributed by atoms with Crippen molar-refractivity contribution >= 4 is 5.82 Å². The number of pyridine rings is 1. The van der Waals surface area contributed by atoms with Gasteiger partial charge in [-0.05, 0) is 48.2 Å². The van der Waals surface area contributed by atoms with E-state index < -0.39 is 0 Å². The maximum absolute atomic E-state index is 13.0. The largest absolute Gasteiger partial charge is 0.363 e. The Morgan fingerprint density at radius 2 is 1.95 bits per heavy atom. The lowest BCUT2D eigenvalue weighted by Crippen LogP contribution is -2.20. The van der Waals surface area contributed by atoms with E-state index in [2.05, 4.69) is 22.0 Å². The van der Waals surface area contributed by atoms with Crippen LogP contribution in [0, 0.1) is 5.82 Å². The van der Waals surface area contributed by atoms with E-state index in [1.54, 1.807) is 12.1 Å². The summed E-state index contributed by atoms with van der Waals surface area (Å²) in [6.07, 6.45) is 3.09. The monoisotopic (exact) mass is 299 g/mol. The second-order valence-corrected chi connectivity index (χ2v) is 6.19. The van der Waals surface area contributed by atoms with Gasteiger partial charge in [-0.25, -0.2) is 9.37 Å². The molecule has 1 aliphatic rings. The summed E-state index contributed by atoms with van der Waals surface area (Å²) in [5, 5.41) is 0. The zero-order chi connectivity index (χ0) is 15.5. The molecule has 1 atom stereocenters. The number of hydrogen-bond donors (Lipinski definition) is 0. The molecule has 0 bridgehead atoms. The van der Waals surface area contributed by atoms with E-state index in [0.29, 0.717) is 5.92 Å². The summed E-state index contributed by atoms with van der Waals surface area (Å²) < 4.78 is 13.0. The van der Waals surface area contributed by atoms with Crippen molar-refractivity contribution in [2.45, 2.75) is 18.9 Å². The van der Waals surface area contributed by atoms with Crippen molar-refractivity contribution in [2.24, 2.45) is 0 Å². The Kier molecular flexibility index (Phi) is 4.39. The molecule has 1 aromatic carbocycles. The number of halogens is 1. The van der Waals surface area contributed by atoms with E-state index in [-0.39, 0.29) is 5.82 Å². The number of likely N-dealkylation sites (tertiary alicyclic amines) is 1. The molecule has 22 heavy (non-hydrogen) atoms. The lowest BCUT2D eigenvalue weighted by molar-refractivity contribution is 0.326. The Balaban J connectivity index is 1.59. The smallest absolute Gasteiger partial charge is 0.127 e. The fourth-order valence-corrected chi connectivity index (χ4v) is 3.02. The minimum absolute atomic E-state index is 0.161. The number of rotatable bonds is 4. The molecule has 0 unspecified atom stereocenters. The number of benzene rings is 1. The minimum Gasteiger partial charge on any atom is -0.363 e. The molecule has 0 saturated carbocycles. The normalized spacial score (nSPS) is 18.6. The highest BCUT2D eigenvalue weighted by Crippen LogP contribution is 2.28. The zero-order valence-corrected chi connectivity index (χ0v) is 13.2. The van der Waals surface area contributed by atoms with Gasteiger partial charge in [-0.2, -0.15) is 0 Å². The molecule has 1 aromatic heterocycles. The zero-order valence-electron chi connectivity index (χ0n) is 13.2. The molecule has 0 spiro atoms. The van der Waals surface area contributed by atoms with Crippen molar-refractivity contribution in [3.63, 3.8) is 0 Å². The van der Waals surface area contributed by atoms with Crippen molar-refractivity contribution < 1.29 is 4.39 Å². The Morgan fingerprint density at radius 3 is 2.59 bits per heavy atom. The van der Waals surface area contributed by atoms with E-state index in [1.807, 2.05) is 37.3 Å². The molecule has 2 aromatic rings. The molecule has 0 N–H and O–H groups in total. The van der Waals surface area contributed by atoms with Crippen LogP contribution in [0.1, 0.15) is 23.5 Å². The topological polar surface area (TPSA) is 19.4 Å². The third kappa shape index (κ3) is 3.45. The van der Waals surface area contributed by atoms with Gasteiger partial charge >= 0.3 is 0 Å². The first-order valence-corrected chi connectivity index (χ1v) is 7.72. The Morgan fingerprint density at radius 1 is 1.18 bits per heavy atom. The Hall–Kier alpha value is -1.94. The molecule has 1 saturated heterocycles. The molecule has 4 heteroatoms. The predicted molar refractivity (Wildman–Crippen MR) is 87.6 cm³/mol. The summed E-state index contributed by atoms with van der Waals surface area (Å²) in [5.74, 6) is 1.33. The van der Waals surface area contributed by atoms with Gasteiger partial charge in [0.25, 0.3) is 0 Å². The Labute approximate surface area is 131 Å². The van der Waals surface area contributed by atoms with E-state index in [1.165, 1.54) is 11.1 Å². The van der Waals surface area contributed by atoms with Gasteiger partial charge < -0.3 is 4.90 Å². The van der Waals surface area contributed by atoms with Gasteiger partial charge in [-0.15, -0.1) is 0 Å². The Bertz CT molecular complexity index is 607. The summed E-state index contributed by atoms with van der Waals surface area (Å²) in [6, 6.07) is 11.1. The maximum atomic E-state index is 13.0. The molecular weight excluding hydrogens is 277 g/mol. The molecule has 0 aliphatic carbocycles. The number of hydrogen-bond acceptors (Lipinski definition) is 3. The van der Waals surface area contributed by atoms with Gasteiger partial charge in [0, 0.05) is 33.4 Å². The minimum atomic E-state index is -0.161. The molecule has 1 fully saturated rings. The van der Waals surface area contributed by atoms with Gasteiger partial charge in [0.15, 0.2) is 0 Å². The third-order valence-electron chi connectivity index (χ3n) is 4.29. The fourth-order valence-electron chi connectivity index (χ4n) is 3.02. The van der Waals surface area contributed by atoms with E-state index in [0.717, 1.165) is 31.9 Å². The fraction of sp³-hybridized carbons (Fsp3) is 0.389. The molecule has 0 radical (unpaired) electrons.